The molecule has 0 N–H and O–H groups in total. The summed E-state index contributed by atoms with van der Waals surface area (Å²) in [4.78, 5) is 11.0. The Kier molecular flexibility index (Phi) is 11.4. The molecule has 130 valence electrons. The number of hydrogen-bond donors (Lipinski definition) is 0. The van der Waals surface area contributed by atoms with E-state index in [9.17, 15) is 4.79 Å². The standard InChI is InChI=1S/C19H36O3/c1-3-4-5-8-11-14-17-18(22-17)15-12-9-6-7-10-13-16-19(20)21-2/h17-18H,3-16H2,1-2H3/t17-,18+/m0/s1. The summed E-state index contributed by atoms with van der Waals surface area (Å²) in [6.45, 7) is 2.26. The first kappa shape index (κ1) is 19.5. The third-order valence-corrected chi connectivity index (χ3v) is 4.63. The molecule has 1 aliphatic heterocycles. The second-order valence-electron chi connectivity index (χ2n) is 6.65. The normalized spacial score (nSPS) is 20.1. The molecule has 3 heteroatoms. The quantitative estimate of drug-likeness (QED) is 0.230. The molecule has 1 fully saturated rings. The topological polar surface area (TPSA) is 38.8 Å². The highest BCUT2D eigenvalue weighted by Gasteiger charge is 2.36. The van der Waals surface area contributed by atoms with Gasteiger partial charge >= 0.3 is 5.97 Å². The zero-order valence-corrected chi connectivity index (χ0v) is 14.8. The Hall–Kier alpha value is -0.570. The number of carbonyl (C=O) groups is 1. The van der Waals surface area contributed by atoms with Gasteiger partial charge in [-0.05, 0) is 19.3 Å². The summed E-state index contributed by atoms with van der Waals surface area (Å²) >= 11 is 0. The maximum atomic E-state index is 11.0. The summed E-state index contributed by atoms with van der Waals surface area (Å²) in [7, 11) is 1.46. The van der Waals surface area contributed by atoms with Crippen LogP contribution in [0.25, 0.3) is 0 Å². The molecule has 1 saturated heterocycles. The molecule has 2 atom stereocenters. The van der Waals surface area contributed by atoms with E-state index < -0.39 is 0 Å². The monoisotopic (exact) mass is 312 g/mol. The third kappa shape index (κ3) is 10.2. The van der Waals surface area contributed by atoms with E-state index in [1.807, 2.05) is 0 Å². The Morgan fingerprint density at radius 3 is 1.86 bits per heavy atom. The first-order chi connectivity index (χ1) is 10.8. The Morgan fingerprint density at radius 1 is 0.818 bits per heavy atom. The number of methoxy groups -OCH3 is 1. The minimum atomic E-state index is -0.0772. The van der Waals surface area contributed by atoms with Gasteiger partial charge in [0, 0.05) is 6.42 Å². The second-order valence-corrected chi connectivity index (χ2v) is 6.65. The van der Waals surface area contributed by atoms with E-state index in [2.05, 4.69) is 11.7 Å². The summed E-state index contributed by atoms with van der Waals surface area (Å²) in [5.74, 6) is -0.0772. The van der Waals surface area contributed by atoms with Gasteiger partial charge in [-0.15, -0.1) is 0 Å². The molecule has 0 aliphatic carbocycles. The van der Waals surface area contributed by atoms with E-state index in [0.717, 1.165) is 12.8 Å². The molecule has 0 spiro atoms. The summed E-state index contributed by atoms with van der Waals surface area (Å²) in [5, 5.41) is 0. The van der Waals surface area contributed by atoms with E-state index in [1.54, 1.807) is 0 Å². The van der Waals surface area contributed by atoms with Crippen molar-refractivity contribution in [1.29, 1.82) is 0 Å². The number of carbonyl (C=O) groups excluding carboxylic acids is 1. The molecule has 1 heterocycles. The average Bonchev–Trinajstić information content (AvgIpc) is 3.27. The average molecular weight is 312 g/mol. The van der Waals surface area contributed by atoms with Gasteiger partial charge in [0.05, 0.1) is 19.3 Å². The van der Waals surface area contributed by atoms with Crippen LogP contribution in [0.4, 0.5) is 0 Å². The molecule has 0 aromatic heterocycles. The van der Waals surface area contributed by atoms with Gasteiger partial charge in [-0.2, -0.15) is 0 Å². The number of hydrogen-bond acceptors (Lipinski definition) is 3. The minimum absolute atomic E-state index is 0.0772. The summed E-state index contributed by atoms with van der Waals surface area (Å²) < 4.78 is 10.4. The van der Waals surface area contributed by atoms with Gasteiger partial charge in [-0.3, -0.25) is 4.79 Å². The number of epoxide rings is 1. The van der Waals surface area contributed by atoms with Crippen LogP contribution in [0, 0.1) is 0 Å². The van der Waals surface area contributed by atoms with Crippen LogP contribution in [-0.4, -0.2) is 25.3 Å². The Labute approximate surface area is 137 Å². The van der Waals surface area contributed by atoms with Crippen molar-refractivity contribution in [2.75, 3.05) is 7.11 Å². The molecule has 0 aromatic rings. The fraction of sp³-hybridized carbons (Fsp3) is 0.947. The van der Waals surface area contributed by atoms with Crippen molar-refractivity contribution in [3.8, 4) is 0 Å². The van der Waals surface area contributed by atoms with Crippen LogP contribution in [0.5, 0.6) is 0 Å². The zero-order chi connectivity index (χ0) is 16.0. The van der Waals surface area contributed by atoms with Crippen LogP contribution < -0.4 is 0 Å². The Morgan fingerprint density at radius 2 is 1.32 bits per heavy atom. The van der Waals surface area contributed by atoms with Gasteiger partial charge in [0.25, 0.3) is 0 Å². The van der Waals surface area contributed by atoms with Crippen LogP contribution in [0.1, 0.15) is 96.8 Å². The van der Waals surface area contributed by atoms with Crippen molar-refractivity contribution in [2.45, 2.75) is 109 Å². The highest BCUT2D eigenvalue weighted by molar-refractivity contribution is 5.68. The largest absolute Gasteiger partial charge is 0.469 e. The molecule has 0 amide bonds. The summed E-state index contributed by atoms with van der Waals surface area (Å²) in [6.07, 6.45) is 18.3. The van der Waals surface area contributed by atoms with Gasteiger partial charge in [-0.1, -0.05) is 71.1 Å². The van der Waals surface area contributed by atoms with Crippen molar-refractivity contribution in [1.82, 2.24) is 0 Å². The van der Waals surface area contributed by atoms with Crippen molar-refractivity contribution in [3.63, 3.8) is 0 Å². The lowest BCUT2D eigenvalue weighted by Crippen LogP contribution is -1.99. The maximum Gasteiger partial charge on any atom is 0.305 e. The molecule has 22 heavy (non-hydrogen) atoms. The van der Waals surface area contributed by atoms with Gasteiger partial charge in [0.1, 0.15) is 0 Å². The number of ether oxygens (including phenoxy) is 2. The molecule has 0 aromatic carbocycles. The zero-order valence-electron chi connectivity index (χ0n) is 14.8. The third-order valence-electron chi connectivity index (χ3n) is 4.63. The SMILES string of the molecule is CCCCCCC[C@@H]1O[C@@H]1CCCCCCCCC(=O)OC. The molecule has 0 bridgehead atoms. The minimum Gasteiger partial charge on any atom is -0.469 e. The highest BCUT2D eigenvalue weighted by Crippen LogP contribution is 2.31. The maximum absolute atomic E-state index is 11.0. The van der Waals surface area contributed by atoms with Gasteiger partial charge in [-0.25, -0.2) is 0 Å². The van der Waals surface area contributed by atoms with Gasteiger partial charge in [0.2, 0.25) is 0 Å². The molecule has 1 aliphatic rings. The highest BCUT2D eigenvalue weighted by atomic mass is 16.6. The molecule has 1 rings (SSSR count). The van der Waals surface area contributed by atoms with Gasteiger partial charge in [0.15, 0.2) is 0 Å². The lowest BCUT2D eigenvalue weighted by Gasteiger charge is -2.01. The van der Waals surface area contributed by atoms with E-state index in [0.29, 0.717) is 18.6 Å². The van der Waals surface area contributed by atoms with Crippen LogP contribution in [0.2, 0.25) is 0 Å². The summed E-state index contributed by atoms with van der Waals surface area (Å²) in [5.41, 5.74) is 0. The van der Waals surface area contributed by atoms with E-state index in [1.165, 1.54) is 77.7 Å². The molecule has 3 nitrogen and oxygen atoms in total. The van der Waals surface area contributed by atoms with Gasteiger partial charge < -0.3 is 9.47 Å². The van der Waals surface area contributed by atoms with Crippen molar-refractivity contribution in [3.05, 3.63) is 0 Å². The fourth-order valence-electron chi connectivity index (χ4n) is 3.06. The van der Waals surface area contributed by atoms with Crippen LogP contribution in [0.3, 0.4) is 0 Å². The Balaban J connectivity index is 1.76. The lowest BCUT2D eigenvalue weighted by molar-refractivity contribution is -0.140. The Bertz CT molecular complexity index is 278. The molecular weight excluding hydrogens is 276 g/mol. The summed E-state index contributed by atoms with van der Waals surface area (Å²) in [6, 6.07) is 0. The van der Waals surface area contributed by atoms with Crippen LogP contribution >= 0.6 is 0 Å². The van der Waals surface area contributed by atoms with Crippen LogP contribution in [0.15, 0.2) is 0 Å². The predicted octanol–water partition coefficient (Wildman–Crippen LogP) is 5.41. The first-order valence-corrected chi connectivity index (χ1v) is 9.50. The number of esters is 1. The second kappa shape index (κ2) is 12.9. The fourth-order valence-corrected chi connectivity index (χ4v) is 3.06. The molecule has 0 unspecified atom stereocenters. The molecule has 0 saturated carbocycles. The number of unbranched alkanes of at least 4 members (excludes halogenated alkanes) is 9. The molecular formula is C19H36O3. The predicted molar refractivity (Wildman–Crippen MR) is 91.0 cm³/mol. The van der Waals surface area contributed by atoms with E-state index >= 15 is 0 Å². The van der Waals surface area contributed by atoms with E-state index in [4.69, 9.17) is 4.74 Å². The smallest absolute Gasteiger partial charge is 0.305 e. The number of rotatable bonds is 15. The van der Waals surface area contributed by atoms with Crippen molar-refractivity contribution < 1.29 is 14.3 Å². The van der Waals surface area contributed by atoms with E-state index in [-0.39, 0.29) is 5.97 Å². The van der Waals surface area contributed by atoms with Crippen LogP contribution in [-0.2, 0) is 14.3 Å². The first-order valence-electron chi connectivity index (χ1n) is 9.50. The van der Waals surface area contributed by atoms with Crippen molar-refractivity contribution in [2.24, 2.45) is 0 Å². The molecule has 0 radical (unpaired) electrons. The lowest BCUT2D eigenvalue weighted by atomic mass is 10.0. The van der Waals surface area contributed by atoms with Crippen molar-refractivity contribution >= 4 is 5.97 Å².